The fourth-order valence-electron chi connectivity index (χ4n) is 2.88. The summed E-state index contributed by atoms with van der Waals surface area (Å²) >= 11 is 0. The van der Waals surface area contributed by atoms with E-state index in [2.05, 4.69) is 10.6 Å². The monoisotopic (exact) mass is 353 g/mol. The first-order valence-corrected chi connectivity index (χ1v) is 8.17. The van der Waals surface area contributed by atoms with Crippen LogP contribution in [-0.2, 0) is 0 Å². The van der Waals surface area contributed by atoms with Crippen LogP contribution < -0.4 is 10.6 Å². The van der Waals surface area contributed by atoms with Gasteiger partial charge in [0.2, 0.25) is 0 Å². The lowest BCUT2D eigenvalue weighted by Crippen LogP contribution is -2.35. The zero-order valence-electron chi connectivity index (χ0n) is 14.7. The van der Waals surface area contributed by atoms with Gasteiger partial charge in [-0.3, -0.25) is 14.5 Å². The molecule has 0 radical (unpaired) electrons. The molecule has 7 heteroatoms. The van der Waals surface area contributed by atoms with Gasteiger partial charge in [0, 0.05) is 17.4 Å². The molecule has 7 nitrogen and oxygen atoms in total. The summed E-state index contributed by atoms with van der Waals surface area (Å²) in [6, 6.07) is 8.50. The topological polar surface area (TPSA) is 98.7 Å². The van der Waals surface area contributed by atoms with Crippen molar-refractivity contribution in [1.82, 2.24) is 4.90 Å². The maximum absolute atomic E-state index is 12.4. The van der Waals surface area contributed by atoms with Crippen molar-refractivity contribution in [3.63, 3.8) is 0 Å². The highest BCUT2D eigenvalue weighted by atomic mass is 16.3. The highest BCUT2D eigenvalue weighted by molar-refractivity contribution is 6.22. The van der Waals surface area contributed by atoms with Crippen molar-refractivity contribution in [1.29, 1.82) is 0 Å². The Morgan fingerprint density at radius 3 is 2.35 bits per heavy atom. The molecular formula is C19H19N3O4. The van der Waals surface area contributed by atoms with Crippen LogP contribution in [0.3, 0.4) is 0 Å². The summed E-state index contributed by atoms with van der Waals surface area (Å²) in [4.78, 5) is 38.1. The Morgan fingerprint density at radius 2 is 1.69 bits per heavy atom. The van der Waals surface area contributed by atoms with E-state index in [0.717, 1.165) is 0 Å². The Labute approximate surface area is 150 Å². The first kappa shape index (κ1) is 17.5. The predicted molar refractivity (Wildman–Crippen MR) is 97.6 cm³/mol. The molecule has 2 aromatic carbocycles. The van der Waals surface area contributed by atoms with Gasteiger partial charge in [0.1, 0.15) is 5.75 Å². The van der Waals surface area contributed by atoms with Crippen LogP contribution in [0.4, 0.5) is 16.2 Å². The third-order valence-corrected chi connectivity index (χ3v) is 4.15. The van der Waals surface area contributed by atoms with E-state index in [1.54, 1.807) is 39.0 Å². The van der Waals surface area contributed by atoms with E-state index < -0.39 is 6.03 Å². The van der Waals surface area contributed by atoms with Gasteiger partial charge in [-0.25, -0.2) is 4.79 Å². The summed E-state index contributed by atoms with van der Waals surface area (Å²) in [5.74, 6) is -0.570. The first-order valence-electron chi connectivity index (χ1n) is 8.17. The summed E-state index contributed by atoms with van der Waals surface area (Å²) in [6.07, 6.45) is 0. The number of carbonyl (C=O) groups excluding carboxylic acids is 3. The summed E-state index contributed by atoms with van der Waals surface area (Å²) in [6.45, 7) is 5.30. The first-order chi connectivity index (χ1) is 12.3. The standard InChI is InChI=1S/C19H19N3O4/c1-10(2)22-17(24)14-6-4-12(9-15(14)18(22)25)20-19(26)21-16-7-5-13(23)8-11(16)3/h4-10,23H,1-3H3,(H2,20,21,26). The average molecular weight is 353 g/mol. The molecule has 0 spiro atoms. The zero-order chi connectivity index (χ0) is 19.0. The largest absolute Gasteiger partial charge is 0.508 e. The molecule has 3 rings (SSSR count). The number of carbonyl (C=O) groups is 3. The quantitative estimate of drug-likeness (QED) is 0.582. The molecule has 2 aromatic rings. The number of phenolic OH excluding ortho intramolecular Hbond substituents is 1. The van der Waals surface area contributed by atoms with Crippen molar-refractivity contribution in [2.24, 2.45) is 0 Å². The van der Waals surface area contributed by atoms with Crippen molar-refractivity contribution < 1.29 is 19.5 Å². The molecule has 4 amide bonds. The molecule has 3 N–H and O–H groups in total. The molecule has 0 unspecified atom stereocenters. The zero-order valence-corrected chi connectivity index (χ0v) is 14.7. The molecule has 0 aliphatic carbocycles. The minimum Gasteiger partial charge on any atom is -0.508 e. The lowest BCUT2D eigenvalue weighted by Gasteiger charge is -2.17. The van der Waals surface area contributed by atoms with E-state index in [1.165, 1.54) is 23.1 Å². The molecule has 1 heterocycles. The summed E-state index contributed by atoms with van der Waals surface area (Å²) in [5.41, 5.74) is 2.29. The van der Waals surface area contributed by atoms with Gasteiger partial charge in [0.25, 0.3) is 11.8 Å². The minimum absolute atomic E-state index is 0.116. The van der Waals surface area contributed by atoms with Gasteiger partial charge in [0.15, 0.2) is 0 Å². The number of phenols is 1. The Balaban J connectivity index is 1.77. The van der Waals surface area contributed by atoms with Crippen LogP contribution >= 0.6 is 0 Å². The van der Waals surface area contributed by atoms with Crippen molar-refractivity contribution in [3.05, 3.63) is 53.1 Å². The summed E-state index contributed by atoms with van der Waals surface area (Å²) in [7, 11) is 0. The second-order valence-electron chi connectivity index (χ2n) is 6.41. The Kier molecular flexibility index (Phi) is 4.38. The highest BCUT2D eigenvalue weighted by Gasteiger charge is 2.37. The Morgan fingerprint density at radius 1 is 1.00 bits per heavy atom. The predicted octanol–water partition coefficient (Wildman–Crippen LogP) is 3.35. The fraction of sp³-hybridized carbons (Fsp3) is 0.211. The van der Waals surface area contributed by atoms with Crippen LogP contribution in [0.25, 0.3) is 0 Å². The average Bonchev–Trinajstić information content (AvgIpc) is 2.81. The number of aromatic hydroxyl groups is 1. The number of benzene rings is 2. The van der Waals surface area contributed by atoms with Gasteiger partial charge in [0.05, 0.1) is 11.1 Å². The van der Waals surface area contributed by atoms with Crippen LogP contribution in [0.1, 0.15) is 40.1 Å². The second kappa shape index (κ2) is 6.51. The number of anilines is 2. The number of rotatable bonds is 3. The number of fused-ring (bicyclic) bond motifs is 1. The number of nitrogens with one attached hydrogen (secondary N) is 2. The molecular weight excluding hydrogens is 334 g/mol. The lowest BCUT2D eigenvalue weighted by atomic mass is 10.1. The third-order valence-electron chi connectivity index (χ3n) is 4.15. The van der Waals surface area contributed by atoms with Gasteiger partial charge in [-0.2, -0.15) is 0 Å². The molecule has 26 heavy (non-hydrogen) atoms. The Bertz CT molecular complexity index is 921. The lowest BCUT2D eigenvalue weighted by molar-refractivity contribution is 0.0609. The van der Waals surface area contributed by atoms with Crippen LogP contribution in [0.2, 0.25) is 0 Å². The van der Waals surface area contributed by atoms with Crippen molar-refractivity contribution >= 4 is 29.2 Å². The molecule has 0 atom stereocenters. The van der Waals surface area contributed by atoms with Crippen LogP contribution in [0.15, 0.2) is 36.4 Å². The van der Waals surface area contributed by atoms with Gasteiger partial charge in [-0.05, 0) is 62.7 Å². The fourth-order valence-corrected chi connectivity index (χ4v) is 2.88. The van der Waals surface area contributed by atoms with Crippen LogP contribution in [-0.4, -0.2) is 33.9 Å². The van der Waals surface area contributed by atoms with E-state index >= 15 is 0 Å². The molecule has 0 fully saturated rings. The summed E-state index contributed by atoms with van der Waals surface area (Å²) < 4.78 is 0. The number of urea groups is 1. The van der Waals surface area contributed by atoms with E-state index in [-0.39, 0.29) is 29.2 Å². The Hall–Kier alpha value is -3.35. The van der Waals surface area contributed by atoms with E-state index in [0.29, 0.717) is 22.5 Å². The van der Waals surface area contributed by atoms with Crippen LogP contribution in [0.5, 0.6) is 5.75 Å². The molecule has 1 aliphatic heterocycles. The number of nitrogens with zero attached hydrogens (tertiary/aromatic N) is 1. The van der Waals surface area contributed by atoms with Crippen molar-refractivity contribution in [3.8, 4) is 5.75 Å². The van der Waals surface area contributed by atoms with Gasteiger partial charge in [-0.15, -0.1) is 0 Å². The van der Waals surface area contributed by atoms with Crippen molar-refractivity contribution in [2.45, 2.75) is 26.8 Å². The molecule has 0 bridgehead atoms. The van der Waals surface area contributed by atoms with E-state index in [1.807, 2.05) is 0 Å². The van der Waals surface area contributed by atoms with Gasteiger partial charge in [-0.1, -0.05) is 0 Å². The molecule has 0 aromatic heterocycles. The summed E-state index contributed by atoms with van der Waals surface area (Å²) in [5, 5.41) is 14.7. The SMILES string of the molecule is Cc1cc(O)ccc1NC(=O)Nc1ccc2c(c1)C(=O)N(C(C)C)C2=O. The molecule has 0 saturated carbocycles. The minimum atomic E-state index is -0.490. The number of hydrogen-bond donors (Lipinski definition) is 3. The van der Waals surface area contributed by atoms with Crippen LogP contribution in [0, 0.1) is 6.92 Å². The molecule has 134 valence electrons. The number of amides is 4. The van der Waals surface area contributed by atoms with E-state index in [9.17, 15) is 19.5 Å². The molecule has 0 saturated heterocycles. The molecule has 1 aliphatic rings. The number of aryl methyl sites for hydroxylation is 1. The number of hydrogen-bond acceptors (Lipinski definition) is 4. The van der Waals surface area contributed by atoms with Crippen molar-refractivity contribution in [2.75, 3.05) is 10.6 Å². The third kappa shape index (κ3) is 3.11. The second-order valence-corrected chi connectivity index (χ2v) is 6.41. The maximum Gasteiger partial charge on any atom is 0.323 e. The smallest absolute Gasteiger partial charge is 0.323 e. The highest BCUT2D eigenvalue weighted by Crippen LogP contribution is 2.27. The number of imide groups is 1. The van der Waals surface area contributed by atoms with Gasteiger partial charge >= 0.3 is 6.03 Å². The maximum atomic E-state index is 12.4. The van der Waals surface area contributed by atoms with E-state index in [4.69, 9.17) is 0 Å². The van der Waals surface area contributed by atoms with Gasteiger partial charge < -0.3 is 15.7 Å². The normalized spacial score (nSPS) is 13.2.